The van der Waals surface area contributed by atoms with Gasteiger partial charge in [-0.1, -0.05) is 121 Å². The van der Waals surface area contributed by atoms with Crippen LogP contribution in [0.2, 0.25) is 5.02 Å². The maximum absolute atomic E-state index is 14.1. The van der Waals surface area contributed by atoms with Crippen LogP contribution in [0.15, 0.2) is 144 Å². The van der Waals surface area contributed by atoms with Crippen LogP contribution in [-0.4, -0.2) is 33.5 Å². The van der Waals surface area contributed by atoms with E-state index in [1.165, 1.54) is 11.0 Å². The van der Waals surface area contributed by atoms with Crippen molar-refractivity contribution in [2.75, 3.05) is 5.75 Å². The van der Waals surface area contributed by atoms with E-state index in [0.29, 0.717) is 28.6 Å². The summed E-state index contributed by atoms with van der Waals surface area (Å²) in [7, 11) is 0. The molecule has 0 radical (unpaired) electrons. The van der Waals surface area contributed by atoms with Crippen LogP contribution < -0.4 is 10.1 Å². The van der Waals surface area contributed by atoms with Gasteiger partial charge in [-0.05, 0) is 111 Å². The molecule has 1 aliphatic heterocycles. The van der Waals surface area contributed by atoms with Gasteiger partial charge in [0.2, 0.25) is 5.91 Å². The van der Waals surface area contributed by atoms with Gasteiger partial charge in [0.1, 0.15) is 17.9 Å². The zero-order chi connectivity index (χ0) is 36.3. The van der Waals surface area contributed by atoms with Crippen LogP contribution in [0.5, 0.6) is 5.75 Å². The molecular weight excluding hydrogens is 908 g/mol. The first kappa shape index (κ1) is 38.3. The van der Waals surface area contributed by atoms with Crippen molar-refractivity contribution in [3.8, 4) is 5.75 Å². The highest BCUT2D eigenvalue weighted by Crippen LogP contribution is 2.32. The van der Waals surface area contributed by atoms with Crippen molar-refractivity contribution >= 4 is 97.5 Å². The molecule has 11 heteroatoms. The number of ether oxygens (including phenoxy) is 1. The van der Waals surface area contributed by atoms with Gasteiger partial charge in [0.25, 0.3) is 11.8 Å². The van der Waals surface area contributed by atoms with Crippen molar-refractivity contribution in [2.45, 2.75) is 19.6 Å². The number of halogens is 3. The van der Waals surface area contributed by atoms with Gasteiger partial charge in [0.05, 0.1) is 18.9 Å². The SMILES string of the molecule is C=C/C=C\C(=C/C)N1C(=O)/C(=C/c2cc(I)c(OCc3ccc(Cl)cc3)c(I)c2)C(=O)N=C1SCC(=O)NC(c1ccccc1)c1ccccc1. The molecule has 0 saturated heterocycles. The molecule has 0 fully saturated rings. The standard InChI is InChI=1S/C40H32ClI2N3O4S/c1-3-5-16-31(4-2)46-39(49)32(21-27-22-33(42)37(34(43)23-27)50-24-26-17-19-30(41)20-18-26)38(48)45-40(46)51-25-35(47)44-36(28-12-8-6-9-13-28)29-14-10-7-11-15-29/h3-23,36H,1,24-25H2,2H3,(H,44,47)/b16-5-,31-4+,32-21+. The Morgan fingerprint density at radius 2 is 1.59 bits per heavy atom. The lowest BCUT2D eigenvalue weighted by Crippen LogP contribution is -2.42. The number of rotatable bonds is 12. The molecule has 0 aromatic heterocycles. The molecule has 7 nitrogen and oxygen atoms in total. The number of carbonyl (C=O) groups is 3. The van der Waals surface area contributed by atoms with E-state index in [1.807, 2.05) is 97.1 Å². The van der Waals surface area contributed by atoms with Gasteiger partial charge in [-0.15, -0.1) is 0 Å². The Morgan fingerprint density at radius 3 is 2.16 bits per heavy atom. The van der Waals surface area contributed by atoms with E-state index >= 15 is 0 Å². The number of nitrogens with zero attached hydrogens (tertiary/aromatic N) is 2. The van der Waals surface area contributed by atoms with Crippen molar-refractivity contribution in [1.29, 1.82) is 0 Å². The first-order chi connectivity index (χ1) is 24.7. The van der Waals surface area contributed by atoms with Gasteiger partial charge in [-0.2, -0.15) is 4.99 Å². The van der Waals surface area contributed by atoms with E-state index in [1.54, 1.807) is 31.2 Å². The third-order valence-electron chi connectivity index (χ3n) is 7.54. The van der Waals surface area contributed by atoms with E-state index in [4.69, 9.17) is 16.3 Å². The zero-order valence-electron chi connectivity index (χ0n) is 27.4. The maximum atomic E-state index is 14.1. The minimum absolute atomic E-state index is 0.0822. The lowest BCUT2D eigenvalue weighted by Gasteiger charge is -2.28. The summed E-state index contributed by atoms with van der Waals surface area (Å²) in [5, 5.41) is 3.86. The Morgan fingerprint density at radius 1 is 0.980 bits per heavy atom. The first-order valence-corrected chi connectivity index (χ1v) is 19.2. The molecular formula is C40H32ClI2N3O4S. The molecule has 0 bridgehead atoms. The minimum atomic E-state index is -0.693. The highest BCUT2D eigenvalue weighted by atomic mass is 127. The van der Waals surface area contributed by atoms with Gasteiger partial charge in [0, 0.05) is 10.7 Å². The Balaban J connectivity index is 1.39. The number of benzene rings is 4. The average molecular weight is 940 g/mol. The lowest BCUT2D eigenvalue weighted by molar-refractivity contribution is -0.126. The zero-order valence-corrected chi connectivity index (χ0v) is 33.3. The molecule has 1 heterocycles. The Bertz CT molecular complexity index is 1990. The summed E-state index contributed by atoms with van der Waals surface area (Å²) >= 11 is 11.4. The third-order valence-corrected chi connectivity index (χ3v) is 10.3. The Labute approximate surface area is 333 Å². The number of allylic oxidation sites excluding steroid dienone is 4. The molecule has 4 aromatic carbocycles. The van der Waals surface area contributed by atoms with Crippen LogP contribution in [0.3, 0.4) is 0 Å². The number of amidine groups is 1. The first-order valence-electron chi connectivity index (χ1n) is 15.7. The van der Waals surface area contributed by atoms with Crippen LogP contribution in [0, 0.1) is 7.14 Å². The molecule has 5 rings (SSSR count). The molecule has 3 amide bonds. The molecule has 1 aliphatic rings. The fourth-order valence-corrected chi connectivity index (χ4v) is 8.16. The third kappa shape index (κ3) is 10.1. The highest BCUT2D eigenvalue weighted by Gasteiger charge is 2.35. The molecule has 0 aliphatic carbocycles. The van der Waals surface area contributed by atoms with Crippen LogP contribution in [0.25, 0.3) is 6.08 Å². The number of aliphatic imine (C=N–C) groups is 1. The summed E-state index contributed by atoms with van der Waals surface area (Å²) in [4.78, 5) is 46.7. The average Bonchev–Trinajstić information content (AvgIpc) is 3.13. The number of nitrogens with one attached hydrogen (secondary N) is 1. The van der Waals surface area contributed by atoms with Crippen molar-refractivity contribution in [2.24, 2.45) is 4.99 Å². The highest BCUT2D eigenvalue weighted by molar-refractivity contribution is 14.1. The van der Waals surface area contributed by atoms with Gasteiger partial charge in [0.15, 0.2) is 5.17 Å². The van der Waals surface area contributed by atoms with Crippen LogP contribution >= 0.6 is 68.5 Å². The van der Waals surface area contributed by atoms with Gasteiger partial charge < -0.3 is 10.1 Å². The summed E-state index contributed by atoms with van der Waals surface area (Å²) < 4.78 is 7.74. The summed E-state index contributed by atoms with van der Waals surface area (Å²) in [6.07, 6.45) is 8.26. The molecule has 0 spiro atoms. The molecule has 258 valence electrons. The van der Waals surface area contributed by atoms with Gasteiger partial charge in [-0.25, -0.2) is 0 Å². The van der Waals surface area contributed by atoms with Gasteiger partial charge in [-0.3, -0.25) is 19.3 Å². The van der Waals surface area contributed by atoms with Crippen molar-refractivity contribution in [3.05, 3.63) is 174 Å². The molecule has 4 aromatic rings. The normalized spacial score (nSPS) is 14.3. The Hall–Kier alpha value is -3.98. The van der Waals surface area contributed by atoms with E-state index in [0.717, 1.165) is 35.6 Å². The summed E-state index contributed by atoms with van der Waals surface area (Å²) in [6, 6.07) is 30.1. The van der Waals surface area contributed by atoms with Crippen molar-refractivity contribution in [1.82, 2.24) is 10.2 Å². The summed E-state index contributed by atoms with van der Waals surface area (Å²) in [5.74, 6) is -0.922. The predicted molar refractivity (Wildman–Crippen MR) is 223 cm³/mol. The summed E-state index contributed by atoms with van der Waals surface area (Å²) in [5.41, 5.74) is 3.83. The quantitative estimate of drug-likeness (QED) is 0.0663. The number of hydrogen-bond acceptors (Lipinski definition) is 5. The number of amides is 3. The molecule has 0 saturated carbocycles. The molecule has 0 atom stereocenters. The minimum Gasteiger partial charge on any atom is -0.487 e. The predicted octanol–water partition coefficient (Wildman–Crippen LogP) is 9.52. The van der Waals surface area contributed by atoms with Crippen molar-refractivity contribution < 1.29 is 19.1 Å². The molecule has 1 N–H and O–H groups in total. The monoisotopic (exact) mass is 939 g/mol. The topological polar surface area (TPSA) is 88.1 Å². The maximum Gasteiger partial charge on any atom is 0.285 e. The van der Waals surface area contributed by atoms with Crippen LogP contribution in [0.1, 0.15) is 35.2 Å². The fourth-order valence-electron chi connectivity index (χ4n) is 5.10. The van der Waals surface area contributed by atoms with Gasteiger partial charge >= 0.3 is 0 Å². The van der Waals surface area contributed by atoms with E-state index in [9.17, 15) is 14.4 Å². The molecule has 0 unspecified atom stereocenters. The van der Waals surface area contributed by atoms with Crippen LogP contribution in [0.4, 0.5) is 0 Å². The number of hydrogen-bond donors (Lipinski definition) is 1. The van der Waals surface area contributed by atoms with E-state index in [-0.39, 0.29) is 28.4 Å². The van der Waals surface area contributed by atoms with Crippen LogP contribution in [-0.2, 0) is 21.0 Å². The second-order valence-electron chi connectivity index (χ2n) is 11.0. The fraction of sp³-hybridized carbons (Fsp3) is 0.100. The number of thioether (sulfide) groups is 1. The largest absolute Gasteiger partial charge is 0.487 e. The lowest BCUT2D eigenvalue weighted by atomic mass is 9.99. The van der Waals surface area contributed by atoms with Crippen molar-refractivity contribution in [3.63, 3.8) is 0 Å². The number of carbonyl (C=O) groups excluding carboxylic acids is 3. The van der Waals surface area contributed by atoms with E-state index in [2.05, 4.69) is 62.1 Å². The molecule has 51 heavy (non-hydrogen) atoms. The second-order valence-corrected chi connectivity index (χ2v) is 14.7. The second kappa shape index (κ2) is 18.5. The summed E-state index contributed by atoms with van der Waals surface area (Å²) in [6.45, 7) is 5.87. The Kier molecular flexibility index (Phi) is 13.9. The smallest absolute Gasteiger partial charge is 0.285 e. The van der Waals surface area contributed by atoms with E-state index < -0.39 is 11.8 Å².